The Morgan fingerprint density at radius 1 is 0.577 bits per heavy atom. The van der Waals surface area contributed by atoms with Gasteiger partial charge in [-0.1, -0.05) is 109 Å². The van der Waals surface area contributed by atoms with E-state index in [1.54, 1.807) is 0 Å². The van der Waals surface area contributed by atoms with Crippen LogP contribution in [0.25, 0.3) is 0 Å². The highest BCUT2D eigenvalue weighted by atomic mass is 16.3. The Bertz CT molecular complexity index is 438. The summed E-state index contributed by atoms with van der Waals surface area (Å²) in [6.07, 6.45) is 22.4. The second-order valence-electron chi connectivity index (χ2n) is 8.01. The van der Waals surface area contributed by atoms with Crippen molar-refractivity contribution in [2.45, 2.75) is 123 Å². The Hall–Kier alpha value is -0.980. The molecule has 0 aromatic heterocycles. The average Bonchev–Trinajstić information content (AvgIpc) is 2.64. The molecular formula is C25H44O. The highest BCUT2D eigenvalue weighted by Gasteiger charge is 2.07. The van der Waals surface area contributed by atoms with Crippen molar-refractivity contribution in [2.75, 3.05) is 0 Å². The minimum Gasteiger partial charge on any atom is -0.508 e. The van der Waals surface area contributed by atoms with E-state index in [0.29, 0.717) is 5.75 Å². The molecule has 0 fully saturated rings. The molecule has 0 aliphatic heterocycles. The van der Waals surface area contributed by atoms with Gasteiger partial charge in [-0.05, 0) is 42.9 Å². The molecule has 1 N–H and O–H groups in total. The first kappa shape index (κ1) is 23.1. The lowest BCUT2D eigenvalue weighted by molar-refractivity contribution is 0.464. The first-order chi connectivity index (χ1) is 12.8. The Morgan fingerprint density at radius 3 is 1.58 bits per heavy atom. The predicted molar refractivity (Wildman–Crippen MR) is 116 cm³/mol. The van der Waals surface area contributed by atoms with Crippen molar-refractivity contribution >= 4 is 0 Å². The number of aryl methyl sites for hydroxylation is 1. The van der Waals surface area contributed by atoms with Gasteiger partial charge >= 0.3 is 0 Å². The summed E-state index contributed by atoms with van der Waals surface area (Å²) in [4.78, 5) is 0. The molecular weight excluding hydrogens is 316 g/mol. The number of hydrogen-bond acceptors (Lipinski definition) is 1. The van der Waals surface area contributed by atoms with E-state index in [1.807, 2.05) is 12.1 Å². The normalized spacial score (nSPS) is 11.2. The molecule has 1 aromatic carbocycles. The maximum atomic E-state index is 10.3. The van der Waals surface area contributed by atoms with Crippen LogP contribution in [-0.2, 0) is 12.8 Å². The first-order valence-electron chi connectivity index (χ1n) is 11.6. The van der Waals surface area contributed by atoms with Crippen LogP contribution in [0.15, 0.2) is 18.2 Å². The average molecular weight is 361 g/mol. The summed E-state index contributed by atoms with van der Waals surface area (Å²) >= 11 is 0. The molecule has 1 heteroatoms. The lowest BCUT2D eigenvalue weighted by atomic mass is 9.95. The Morgan fingerprint density at radius 2 is 1.04 bits per heavy atom. The fraction of sp³-hybridized carbons (Fsp3) is 0.760. The first-order valence-corrected chi connectivity index (χ1v) is 11.6. The van der Waals surface area contributed by atoms with E-state index in [0.717, 1.165) is 12.8 Å². The highest BCUT2D eigenvalue weighted by Crippen LogP contribution is 2.25. The molecule has 0 amide bonds. The molecule has 0 aliphatic rings. The number of phenolic OH excluding ortho intramolecular Hbond substituents is 1. The quantitative estimate of drug-likeness (QED) is 0.277. The standard InChI is InChI=1S/C25H44O/c1-3-5-7-9-11-13-15-17-21-24-23(20-18-22-25(24)26)19-16-14-12-10-8-6-4-2/h18,20,22,26H,3-17,19,21H2,1-2H3. The summed E-state index contributed by atoms with van der Waals surface area (Å²) in [7, 11) is 0. The van der Waals surface area contributed by atoms with Gasteiger partial charge in [-0.15, -0.1) is 0 Å². The smallest absolute Gasteiger partial charge is 0.119 e. The van der Waals surface area contributed by atoms with Crippen molar-refractivity contribution in [2.24, 2.45) is 0 Å². The van der Waals surface area contributed by atoms with Crippen LogP contribution in [0, 0.1) is 0 Å². The molecule has 0 saturated carbocycles. The summed E-state index contributed by atoms with van der Waals surface area (Å²) in [5.41, 5.74) is 2.62. The molecule has 1 nitrogen and oxygen atoms in total. The SMILES string of the molecule is CCCCCCCCCCc1c(O)cccc1CCCCCCCCC. The molecule has 0 heterocycles. The van der Waals surface area contributed by atoms with Crippen molar-refractivity contribution in [3.05, 3.63) is 29.3 Å². The zero-order valence-corrected chi connectivity index (χ0v) is 17.7. The van der Waals surface area contributed by atoms with Gasteiger partial charge in [0, 0.05) is 0 Å². The summed E-state index contributed by atoms with van der Waals surface area (Å²) < 4.78 is 0. The van der Waals surface area contributed by atoms with Gasteiger partial charge in [-0.25, -0.2) is 0 Å². The summed E-state index contributed by atoms with van der Waals surface area (Å²) in [6.45, 7) is 4.55. The molecule has 150 valence electrons. The van der Waals surface area contributed by atoms with Crippen LogP contribution in [0.1, 0.15) is 121 Å². The third-order valence-electron chi connectivity index (χ3n) is 5.58. The Balaban J connectivity index is 2.23. The monoisotopic (exact) mass is 360 g/mol. The van der Waals surface area contributed by atoms with Crippen LogP contribution < -0.4 is 0 Å². The number of hydrogen-bond donors (Lipinski definition) is 1. The topological polar surface area (TPSA) is 20.2 Å². The lowest BCUT2D eigenvalue weighted by Crippen LogP contribution is -1.96. The summed E-state index contributed by atoms with van der Waals surface area (Å²) in [6, 6.07) is 6.12. The number of phenols is 1. The minimum absolute atomic E-state index is 0.522. The van der Waals surface area contributed by atoms with Gasteiger partial charge < -0.3 is 5.11 Å². The summed E-state index contributed by atoms with van der Waals surface area (Å²) in [5.74, 6) is 0.522. The number of benzene rings is 1. The second kappa shape index (κ2) is 16.2. The highest BCUT2D eigenvalue weighted by molar-refractivity contribution is 5.39. The van der Waals surface area contributed by atoms with Crippen molar-refractivity contribution in [3.63, 3.8) is 0 Å². The van der Waals surface area contributed by atoms with Crippen LogP contribution >= 0.6 is 0 Å². The molecule has 0 saturated heterocycles. The van der Waals surface area contributed by atoms with Crippen LogP contribution in [-0.4, -0.2) is 5.11 Å². The minimum atomic E-state index is 0.522. The number of unbranched alkanes of at least 4 members (excludes halogenated alkanes) is 13. The van der Waals surface area contributed by atoms with Gasteiger partial charge in [-0.3, -0.25) is 0 Å². The second-order valence-corrected chi connectivity index (χ2v) is 8.01. The lowest BCUT2D eigenvalue weighted by Gasteiger charge is -2.12. The number of aromatic hydroxyl groups is 1. The fourth-order valence-electron chi connectivity index (χ4n) is 3.85. The van der Waals surface area contributed by atoms with E-state index >= 15 is 0 Å². The van der Waals surface area contributed by atoms with Crippen molar-refractivity contribution in [1.82, 2.24) is 0 Å². The molecule has 0 spiro atoms. The van der Waals surface area contributed by atoms with E-state index in [4.69, 9.17) is 0 Å². The Labute approximate surface area is 163 Å². The molecule has 0 bridgehead atoms. The molecule has 0 atom stereocenters. The van der Waals surface area contributed by atoms with E-state index < -0.39 is 0 Å². The third kappa shape index (κ3) is 10.9. The zero-order chi connectivity index (χ0) is 18.9. The molecule has 0 radical (unpaired) electrons. The van der Waals surface area contributed by atoms with Crippen LogP contribution in [0.4, 0.5) is 0 Å². The van der Waals surface area contributed by atoms with Gasteiger partial charge in [0.25, 0.3) is 0 Å². The largest absolute Gasteiger partial charge is 0.508 e. The van der Waals surface area contributed by atoms with Crippen LogP contribution in [0.3, 0.4) is 0 Å². The van der Waals surface area contributed by atoms with Crippen molar-refractivity contribution < 1.29 is 5.11 Å². The van der Waals surface area contributed by atoms with Crippen LogP contribution in [0.5, 0.6) is 5.75 Å². The van der Waals surface area contributed by atoms with Crippen molar-refractivity contribution in [1.29, 1.82) is 0 Å². The maximum absolute atomic E-state index is 10.3. The maximum Gasteiger partial charge on any atom is 0.119 e. The van der Waals surface area contributed by atoms with Gasteiger partial charge in [0.15, 0.2) is 0 Å². The molecule has 0 unspecified atom stereocenters. The summed E-state index contributed by atoms with van der Waals surface area (Å²) in [5, 5.41) is 10.3. The Kier molecular flexibility index (Phi) is 14.4. The van der Waals surface area contributed by atoms with Gasteiger partial charge in [0.1, 0.15) is 5.75 Å². The zero-order valence-electron chi connectivity index (χ0n) is 17.7. The van der Waals surface area contributed by atoms with E-state index in [-0.39, 0.29) is 0 Å². The van der Waals surface area contributed by atoms with E-state index in [1.165, 1.54) is 107 Å². The van der Waals surface area contributed by atoms with Gasteiger partial charge in [-0.2, -0.15) is 0 Å². The third-order valence-corrected chi connectivity index (χ3v) is 5.58. The van der Waals surface area contributed by atoms with E-state index in [2.05, 4.69) is 19.9 Å². The molecule has 0 aliphatic carbocycles. The molecule has 1 aromatic rings. The van der Waals surface area contributed by atoms with E-state index in [9.17, 15) is 5.11 Å². The number of rotatable bonds is 17. The van der Waals surface area contributed by atoms with Gasteiger partial charge in [0.05, 0.1) is 0 Å². The van der Waals surface area contributed by atoms with Gasteiger partial charge in [0.2, 0.25) is 0 Å². The van der Waals surface area contributed by atoms with Crippen LogP contribution in [0.2, 0.25) is 0 Å². The predicted octanol–water partition coefficient (Wildman–Crippen LogP) is 8.37. The fourth-order valence-corrected chi connectivity index (χ4v) is 3.85. The van der Waals surface area contributed by atoms with Crippen molar-refractivity contribution in [3.8, 4) is 5.75 Å². The molecule has 1 rings (SSSR count). The molecule has 26 heavy (non-hydrogen) atoms.